The number of aromatic nitrogens is 2. The average Bonchev–Trinajstić information content (AvgIpc) is 3.21. The number of hydrogen-bond acceptors (Lipinski definition) is 4. The molecule has 1 amide bonds. The fraction of sp³-hybridized carbons (Fsp3) is 0.346. The van der Waals surface area contributed by atoms with Gasteiger partial charge in [0.1, 0.15) is 11.5 Å². The van der Waals surface area contributed by atoms with Gasteiger partial charge in [0.2, 0.25) is 0 Å². The van der Waals surface area contributed by atoms with Gasteiger partial charge in [0.25, 0.3) is 5.91 Å². The maximum absolute atomic E-state index is 13.0. The monoisotopic (exact) mass is 575 g/mol. The largest absolute Gasteiger partial charge is 0.417 e. The summed E-state index contributed by atoms with van der Waals surface area (Å²) < 4.78 is 8.48. The molecular formula is C26H31BrClN3O3Si. The van der Waals surface area contributed by atoms with Gasteiger partial charge in [-0.3, -0.25) is 9.59 Å². The Morgan fingerprint density at radius 3 is 2.46 bits per heavy atom. The molecule has 0 spiro atoms. The number of anilines is 1. The quantitative estimate of drug-likeness (QED) is 0.162. The van der Waals surface area contributed by atoms with Crippen molar-refractivity contribution in [2.24, 2.45) is 0 Å². The normalized spacial score (nSPS) is 12.0. The van der Waals surface area contributed by atoms with Gasteiger partial charge in [0.15, 0.2) is 14.1 Å². The number of amides is 1. The third-order valence-corrected chi connectivity index (χ3v) is 11.6. The molecule has 0 saturated heterocycles. The maximum Gasteiger partial charge on any atom is 0.258 e. The second-order valence-corrected chi connectivity index (χ2v) is 16.0. The van der Waals surface area contributed by atoms with Crippen LogP contribution in [0.15, 0.2) is 59.1 Å². The number of nitrogens with zero attached hydrogens (tertiary/aromatic N) is 2. The highest BCUT2D eigenvalue weighted by Gasteiger charge is 2.36. The Morgan fingerprint density at radius 1 is 1.11 bits per heavy atom. The van der Waals surface area contributed by atoms with Crippen molar-refractivity contribution < 1.29 is 14.0 Å². The van der Waals surface area contributed by atoms with E-state index in [9.17, 15) is 9.59 Å². The summed E-state index contributed by atoms with van der Waals surface area (Å²) >= 11 is 9.60. The summed E-state index contributed by atoms with van der Waals surface area (Å²) in [5, 5.41) is 7.82. The number of ketones is 1. The fourth-order valence-corrected chi connectivity index (χ4v) is 4.78. The van der Waals surface area contributed by atoms with E-state index in [1.165, 1.54) is 0 Å². The van der Waals surface area contributed by atoms with Gasteiger partial charge < -0.3 is 9.74 Å². The Kier molecular flexibility index (Phi) is 8.75. The second kappa shape index (κ2) is 11.2. The Labute approximate surface area is 221 Å². The van der Waals surface area contributed by atoms with Crippen molar-refractivity contribution in [1.29, 1.82) is 0 Å². The van der Waals surface area contributed by atoms with E-state index in [2.05, 4.69) is 60.2 Å². The molecule has 0 atom stereocenters. The molecule has 0 saturated carbocycles. The first kappa shape index (κ1) is 27.3. The highest BCUT2D eigenvalue weighted by Crippen LogP contribution is 2.36. The number of hydrogen-bond donors (Lipinski definition) is 1. The molecule has 6 nitrogen and oxygen atoms in total. The van der Waals surface area contributed by atoms with E-state index in [4.69, 9.17) is 16.0 Å². The zero-order valence-corrected chi connectivity index (χ0v) is 24.0. The first-order chi connectivity index (χ1) is 16.4. The summed E-state index contributed by atoms with van der Waals surface area (Å²) in [5.74, 6) is -0.109. The van der Waals surface area contributed by atoms with Crippen LogP contribution < -0.4 is 5.32 Å². The highest BCUT2D eigenvalue weighted by molar-refractivity contribution is 9.10. The number of rotatable bonds is 9. The van der Waals surface area contributed by atoms with E-state index in [0.717, 1.165) is 10.2 Å². The van der Waals surface area contributed by atoms with Crippen molar-refractivity contribution in [1.82, 2.24) is 9.78 Å². The van der Waals surface area contributed by atoms with E-state index >= 15 is 0 Å². The molecule has 0 radical (unpaired) electrons. The summed E-state index contributed by atoms with van der Waals surface area (Å²) in [5.41, 5.74) is 1.33. The number of halogens is 2. The van der Waals surface area contributed by atoms with Gasteiger partial charge in [0, 0.05) is 23.6 Å². The lowest BCUT2D eigenvalue weighted by atomic mass is 10.2. The van der Waals surface area contributed by atoms with Gasteiger partial charge in [-0.05, 0) is 54.9 Å². The maximum atomic E-state index is 13.0. The molecule has 186 valence electrons. The van der Waals surface area contributed by atoms with Crippen LogP contribution in [0.1, 0.15) is 54.5 Å². The van der Waals surface area contributed by atoms with E-state index in [0.29, 0.717) is 35.9 Å². The standard InChI is InChI=1S/C26H31BrClN3O3Si/c1-26(2,3)35(4,5)34-15-9-12-23(32)22-17-24(31(30-22)19-10-7-6-8-11-19)29-25(33)20-16-18(27)13-14-21(20)28/h6-8,10-11,13-14,16-17H,9,12,15H2,1-5H3,(H,29,33). The molecule has 2 aromatic carbocycles. The van der Waals surface area contributed by atoms with Crippen LogP contribution in [-0.4, -0.2) is 36.4 Å². The van der Waals surface area contributed by atoms with Crippen molar-refractivity contribution in [3.05, 3.63) is 75.4 Å². The molecule has 3 aromatic rings. The molecule has 0 aliphatic carbocycles. The lowest BCUT2D eigenvalue weighted by molar-refractivity contribution is 0.0966. The molecule has 0 aliphatic rings. The minimum atomic E-state index is -1.86. The third kappa shape index (κ3) is 6.91. The molecule has 0 aliphatic heterocycles. The van der Waals surface area contributed by atoms with Gasteiger partial charge in [-0.25, -0.2) is 4.68 Å². The smallest absolute Gasteiger partial charge is 0.258 e. The summed E-state index contributed by atoms with van der Waals surface area (Å²) in [6.45, 7) is 11.5. The van der Waals surface area contributed by atoms with Crippen LogP contribution in [0.3, 0.4) is 0 Å². The number of carbonyl (C=O) groups excluding carboxylic acids is 2. The molecule has 0 unspecified atom stereocenters. The molecule has 0 bridgehead atoms. The topological polar surface area (TPSA) is 73.2 Å². The van der Waals surface area contributed by atoms with Gasteiger partial charge in [-0.2, -0.15) is 5.10 Å². The van der Waals surface area contributed by atoms with Gasteiger partial charge in [-0.1, -0.05) is 66.5 Å². The molecule has 1 heterocycles. The Hall–Kier alpha value is -2.26. The fourth-order valence-electron chi connectivity index (χ4n) is 3.13. The van der Waals surface area contributed by atoms with E-state index < -0.39 is 14.2 Å². The molecular weight excluding hydrogens is 546 g/mol. The minimum absolute atomic E-state index is 0.102. The van der Waals surface area contributed by atoms with Crippen molar-refractivity contribution in [2.45, 2.75) is 51.7 Å². The molecule has 35 heavy (non-hydrogen) atoms. The number of carbonyl (C=O) groups is 2. The predicted molar refractivity (Wildman–Crippen MR) is 147 cm³/mol. The molecule has 1 aromatic heterocycles. The third-order valence-electron chi connectivity index (χ3n) is 6.23. The summed E-state index contributed by atoms with van der Waals surface area (Å²) in [7, 11) is -1.86. The summed E-state index contributed by atoms with van der Waals surface area (Å²) in [4.78, 5) is 25.9. The number of nitrogens with one attached hydrogen (secondary N) is 1. The SMILES string of the molecule is CC(C)(C)[Si](C)(C)OCCCC(=O)c1cc(NC(=O)c2cc(Br)ccc2Cl)n(-c2ccccc2)n1. The molecule has 1 N–H and O–H groups in total. The Balaban J connectivity index is 1.78. The van der Waals surface area contributed by atoms with Crippen molar-refractivity contribution in [2.75, 3.05) is 11.9 Å². The van der Waals surface area contributed by atoms with E-state index in [1.807, 2.05) is 30.3 Å². The van der Waals surface area contributed by atoms with Crippen LogP contribution >= 0.6 is 27.5 Å². The van der Waals surface area contributed by atoms with Crippen LogP contribution in [0, 0.1) is 0 Å². The Morgan fingerprint density at radius 2 is 1.80 bits per heavy atom. The lowest BCUT2D eigenvalue weighted by Crippen LogP contribution is -2.41. The minimum Gasteiger partial charge on any atom is -0.417 e. The zero-order valence-electron chi connectivity index (χ0n) is 20.7. The van der Waals surface area contributed by atoms with Gasteiger partial charge in [0.05, 0.1) is 16.3 Å². The van der Waals surface area contributed by atoms with E-state index in [1.54, 1.807) is 28.9 Å². The second-order valence-electron chi connectivity index (χ2n) is 9.88. The first-order valence-electron chi connectivity index (χ1n) is 11.5. The van der Waals surface area contributed by atoms with Crippen molar-refractivity contribution >= 4 is 53.4 Å². The number of para-hydroxylation sites is 1. The van der Waals surface area contributed by atoms with E-state index in [-0.39, 0.29) is 16.5 Å². The van der Waals surface area contributed by atoms with Crippen LogP contribution in [0.2, 0.25) is 23.2 Å². The highest BCUT2D eigenvalue weighted by atomic mass is 79.9. The van der Waals surface area contributed by atoms with Gasteiger partial charge in [-0.15, -0.1) is 0 Å². The summed E-state index contributed by atoms with van der Waals surface area (Å²) in [6, 6.07) is 16.0. The lowest BCUT2D eigenvalue weighted by Gasteiger charge is -2.36. The van der Waals surface area contributed by atoms with Crippen LogP contribution in [0.4, 0.5) is 5.82 Å². The Bertz CT molecular complexity index is 1210. The van der Waals surface area contributed by atoms with Crippen LogP contribution in [-0.2, 0) is 4.43 Å². The van der Waals surface area contributed by atoms with Gasteiger partial charge >= 0.3 is 0 Å². The molecule has 0 fully saturated rings. The van der Waals surface area contributed by atoms with Crippen LogP contribution in [0.5, 0.6) is 0 Å². The average molecular weight is 577 g/mol. The zero-order chi connectivity index (χ0) is 25.8. The number of benzene rings is 2. The summed E-state index contributed by atoms with van der Waals surface area (Å²) in [6.07, 6.45) is 0.921. The first-order valence-corrected chi connectivity index (χ1v) is 15.6. The van der Waals surface area contributed by atoms with Crippen LogP contribution in [0.25, 0.3) is 5.69 Å². The van der Waals surface area contributed by atoms with Crippen molar-refractivity contribution in [3.63, 3.8) is 0 Å². The molecule has 9 heteroatoms. The number of Topliss-reactive ketones (excluding diaryl/α,β-unsaturated/α-hetero) is 1. The predicted octanol–water partition coefficient (Wildman–Crippen LogP) is 7.53. The van der Waals surface area contributed by atoms with Crippen molar-refractivity contribution in [3.8, 4) is 5.69 Å². The molecule has 3 rings (SSSR count).